The van der Waals surface area contributed by atoms with Gasteiger partial charge in [-0.15, -0.1) is 6.42 Å². The standard InChI is InChI=1S/C15H19NO2S/c1-5-12-6-9-14(11(2)3)15(10-12)16(4)19(17,18)13-7-8-13/h1,6,9-11,13H,7-8H2,2-4H3. The van der Waals surface area contributed by atoms with E-state index in [9.17, 15) is 8.42 Å². The van der Waals surface area contributed by atoms with Crippen molar-refractivity contribution in [2.24, 2.45) is 0 Å². The molecule has 0 aromatic heterocycles. The molecule has 0 spiro atoms. The second-order valence-electron chi connectivity index (χ2n) is 5.28. The third-order valence-electron chi connectivity index (χ3n) is 3.49. The van der Waals surface area contributed by atoms with Gasteiger partial charge in [0.05, 0.1) is 10.9 Å². The molecule has 3 nitrogen and oxygen atoms in total. The molecule has 1 aliphatic rings. The van der Waals surface area contributed by atoms with E-state index in [0.717, 1.165) is 18.4 Å². The molecule has 2 rings (SSSR count). The molecule has 1 aliphatic carbocycles. The minimum Gasteiger partial charge on any atom is -0.273 e. The second kappa shape index (κ2) is 4.90. The van der Waals surface area contributed by atoms with Crippen LogP contribution >= 0.6 is 0 Å². The van der Waals surface area contributed by atoms with E-state index in [2.05, 4.69) is 5.92 Å². The fraction of sp³-hybridized carbons (Fsp3) is 0.467. The van der Waals surface area contributed by atoms with E-state index in [1.165, 1.54) is 4.31 Å². The number of sulfonamides is 1. The van der Waals surface area contributed by atoms with E-state index in [1.807, 2.05) is 26.0 Å². The highest BCUT2D eigenvalue weighted by Crippen LogP contribution is 2.36. The van der Waals surface area contributed by atoms with Gasteiger partial charge < -0.3 is 0 Å². The Morgan fingerprint density at radius 3 is 2.47 bits per heavy atom. The molecular formula is C15H19NO2S. The Kier molecular flexibility index (Phi) is 3.60. The molecule has 0 radical (unpaired) electrons. The van der Waals surface area contributed by atoms with Gasteiger partial charge >= 0.3 is 0 Å². The zero-order valence-electron chi connectivity index (χ0n) is 11.6. The van der Waals surface area contributed by atoms with Gasteiger partial charge in [-0.1, -0.05) is 25.8 Å². The van der Waals surface area contributed by atoms with Crippen LogP contribution in [-0.4, -0.2) is 20.7 Å². The van der Waals surface area contributed by atoms with Gasteiger partial charge in [0.1, 0.15) is 0 Å². The van der Waals surface area contributed by atoms with Crippen molar-refractivity contribution >= 4 is 15.7 Å². The highest BCUT2D eigenvalue weighted by molar-refractivity contribution is 7.93. The SMILES string of the molecule is C#Cc1ccc(C(C)C)c(N(C)S(=O)(=O)C2CC2)c1. The zero-order valence-corrected chi connectivity index (χ0v) is 12.4. The first-order valence-electron chi connectivity index (χ1n) is 6.46. The third kappa shape index (κ3) is 2.62. The molecule has 0 saturated heterocycles. The maximum absolute atomic E-state index is 12.3. The van der Waals surface area contributed by atoms with Gasteiger partial charge in [0, 0.05) is 12.6 Å². The Morgan fingerprint density at radius 2 is 2.00 bits per heavy atom. The molecular weight excluding hydrogens is 258 g/mol. The van der Waals surface area contributed by atoms with Gasteiger partial charge in [-0.3, -0.25) is 4.31 Å². The Bertz CT molecular complexity index is 622. The van der Waals surface area contributed by atoms with E-state index >= 15 is 0 Å². The Morgan fingerprint density at radius 1 is 1.37 bits per heavy atom. The predicted molar refractivity (Wildman–Crippen MR) is 78.8 cm³/mol. The lowest BCUT2D eigenvalue weighted by molar-refractivity contribution is 0.593. The quantitative estimate of drug-likeness (QED) is 0.794. The maximum Gasteiger partial charge on any atom is 0.237 e. The number of anilines is 1. The van der Waals surface area contributed by atoms with E-state index in [4.69, 9.17) is 6.42 Å². The first kappa shape index (κ1) is 14.0. The number of terminal acetylenes is 1. The summed E-state index contributed by atoms with van der Waals surface area (Å²) in [6, 6.07) is 5.57. The van der Waals surface area contributed by atoms with E-state index in [-0.39, 0.29) is 11.2 Å². The van der Waals surface area contributed by atoms with Crippen molar-refractivity contribution < 1.29 is 8.42 Å². The van der Waals surface area contributed by atoms with Crippen molar-refractivity contribution in [1.82, 2.24) is 0 Å². The van der Waals surface area contributed by atoms with Crippen LogP contribution < -0.4 is 4.31 Å². The molecule has 0 aliphatic heterocycles. The van der Waals surface area contributed by atoms with Crippen molar-refractivity contribution in [2.75, 3.05) is 11.4 Å². The van der Waals surface area contributed by atoms with E-state index in [0.29, 0.717) is 11.3 Å². The predicted octanol–water partition coefficient (Wildman–Crippen LogP) is 2.72. The molecule has 1 aromatic rings. The summed E-state index contributed by atoms with van der Waals surface area (Å²) < 4.78 is 26.1. The molecule has 1 fully saturated rings. The van der Waals surface area contributed by atoms with Crippen molar-refractivity contribution in [3.8, 4) is 12.3 Å². The highest BCUT2D eigenvalue weighted by Gasteiger charge is 2.39. The van der Waals surface area contributed by atoms with Crippen molar-refractivity contribution in [3.63, 3.8) is 0 Å². The molecule has 4 heteroatoms. The van der Waals surface area contributed by atoms with Crippen molar-refractivity contribution in [3.05, 3.63) is 29.3 Å². The summed E-state index contributed by atoms with van der Waals surface area (Å²) >= 11 is 0. The molecule has 0 amide bonds. The Hall–Kier alpha value is -1.47. The lowest BCUT2D eigenvalue weighted by atomic mass is 9.99. The van der Waals surface area contributed by atoms with E-state index in [1.54, 1.807) is 13.1 Å². The molecule has 1 aromatic carbocycles. The lowest BCUT2D eigenvalue weighted by Gasteiger charge is -2.24. The second-order valence-corrected chi connectivity index (χ2v) is 7.53. The summed E-state index contributed by atoms with van der Waals surface area (Å²) in [5.74, 6) is 2.81. The summed E-state index contributed by atoms with van der Waals surface area (Å²) in [6.07, 6.45) is 6.93. The van der Waals surface area contributed by atoms with Gasteiger partial charge in [-0.05, 0) is 36.5 Å². The normalized spacial score (nSPS) is 15.3. The zero-order chi connectivity index (χ0) is 14.2. The van der Waals surface area contributed by atoms with E-state index < -0.39 is 10.0 Å². The molecule has 19 heavy (non-hydrogen) atoms. The number of benzene rings is 1. The van der Waals surface area contributed by atoms with Crippen LogP contribution in [0.5, 0.6) is 0 Å². The average Bonchev–Trinajstić information content (AvgIpc) is 3.21. The van der Waals surface area contributed by atoms with Crippen LogP contribution in [-0.2, 0) is 10.0 Å². The van der Waals surface area contributed by atoms with Gasteiger partial charge in [-0.25, -0.2) is 8.42 Å². The van der Waals surface area contributed by atoms with Crippen LogP contribution in [0.25, 0.3) is 0 Å². The number of rotatable bonds is 4. The smallest absolute Gasteiger partial charge is 0.237 e. The van der Waals surface area contributed by atoms with Gasteiger partial charge in [0.2, 0.25) is 10.0 Å². The van der Waals surface area contributed by atoms with Crippen molar-refractivity contribution in [1.29, 1.82) is 0 Å². The topological polar surface area (TPSA) is 37.4 Å². The molecule has 1 saturated carbocycles. The first-order valence-corrected chi connectivity index (χ1v) is 7.96. The number of hydrogen-bond acceptors (Lipinski definition) is 2. The molecule has 102 valence electrons. The van der Waals surface area contributed by atoms with Crippen LogP contribution in [0.15, 0.2) is 18.2 Å². The fourth-order valence-electron chi connectivity index (χ4n) is 2.12. The molecule has 0 atom stereocenters. The fourth-order valence-corrected chi connectivity index (χ4v) is 3.73. The summed E-state index contributed by atoms with van der Waals surface area (Å²) in [4.78, 5) is 0. The Labute approximate surface area is 115 Å². The lowest BCUT2D eigenvalue weighted by Crippen LogP contribution is -2.30. The van der Waals surface area contributed by atoms with Crippen LogP contribution in [0.1, 0.15) is 43.7 Å². The summed E-state index contributed by atoms with van der Waals surface area (Å²) in [5.41, 5.74) is 2.42. The highest BCUT2D eigenvalue weighted by atomic mass is 32.2. The number of nitrogens with zero attached hydrogens (tertiary/aromatic N) is 1. The minimum atomic E-state index is -3.24. The molecule has 0 bridgehead atoms. The third-order valence-corrected chi connectivity index (χ3v) is 5.76. The van der Waals surface area contributed by atoms with Gasteiger partial charge in [-0.2, -0.15) is 0 Å². The van der Waals surface area contributed by atoms with Gasteiger partial charge in [0.15, 0.2) is 0 Å². The molecule has 0 unspecified atom stereocenters. The largest absolute Gasteiger partial charge is 0.273 e. The molecule has 0 heterocycles. The number of hydrogen-bond donors (Lipinski definition) is 0. The minimum absolute atomic E-state index is 0.216. The van der Waals surface area contributed by atoms with Gasteiger partial charge in [0.25, 0.3) is 0 Å². The van der Waals surface area contributed by atoms with Crippen LogP contribution in [0.3, 0.4) is 0 Å². The Balaban J connectivity index is 2.50. The summed E-state index contributed by atoms with van der Waals surface area (Å²) in [7, 11) is -1.61. The monoisotopic (exact) mass is 277 g/mol. The first-order chi connectivity index (χ1) is 8.87. The van der Waals surface area contributed by atoms with Crippen LogP contribution in [0.2, 0.25) is 0 Å². The summed E-state index contributed by atoms with van der Waals surface area (Å²) in [6.45, 7) is 4.10. The summed E-state index contributed by atoms with van der Waals surface area (Å²) in [5, 5.41) is -0.216. The van der Waals surface area contributed by atoms with Crippen molar-refractivity contribution in [2.45, 2.75) is 37.9 Å². The average molecular weight is 277 g/mol. The van der Waals surface area contributed by atoms with Crippen LogP contribution in [0, 0.1) is 12.3 Å². The maximum atomic E-state index is 12.3. The van der Waals surface area contributed by atoms with Crippen LogP contribution in [0.4, 0.5) is 5.69 Å². The molecule has 0 N–H and O–H groups in total.